The number of hydrogen-bond donors (Lipinski definition) is 0. The average molecular weight is 475 g/mol. The maximum absolute atomic E-state index is 12.8. The van der Waals surface area contributed by atoms with Crippen LogP contribution in [-0.4, -0.2) is 52.5 Å². The van der Waals surface area contributed by atoms with Gasteiger partial charge in [-0.25, -0.2) is 4.79 Å². The van der Waals surface area contributed by atoms with Crippen LogP contribution in [0, 0.1) is 13.8 Å². The predicted octanol–water partition coefficient (Wildman–Crippen LogP) is 5.80. The van der Waals surface area contributed by atoms with E-state index < -0.39 is 5.97 Å². The second kappa shape index (κ2) is 11.2. The number of esters is 1. The van der Waals surface area contributed by atoms with Crippen molar-refractivity contribution < 1.29 is 19.1 Å². The Kier molecular flexibility index (Phi) is 8.63. The van der Waals surface area contributed by atoms with Crippen molar-refractivity contribution in [3.63, 3.8) is 0 Å². The van der Waals surface area contributed by atoms with Crippen LogP contribution in [0.2, 0.25) is 5.02 Å². The Hall–Kier alpha value is -2.28. The molecule has 6 nitrogen and oxygen atoms in total. The number of carbonyl (C=O) groups is 1. The number of nitrogens with zero attached hydrogens (tertiary/aromatic N) is 2. The summed E-state index contributed by atoms with van der Waals surface area (Å²) in [5.41, 5.74) is 6.01. The average Bonchev–Trinajstić information content (AvgIpc) is 2.82. The van der Waals surface area contributed by atoms with Crippen molar-refractivity contribution in [3.8, 4) is 11.1 Å². The fourth-order valence-electron chi connectivity index (χ4n) is 4.59. The Labute approximate surface area is 202 Å². The molecule has 0 N–H and O–H groups in total. The van der Waals surface area contributed by atoms with Gasteiger partial charge in [-0.2, -0.15) is 0 Å². The molecule has 2 aromatic carbocycles. The summed E-state index contributed by atoms with van der Waals surface area (Å²) in [6.07, 6.45) is 1.90. The number of carbonyl (C=O) groups excluding carboxylic acids is 1. The smallest absolute Gasteiger partial charge is 0.339 e. The molecule has 180 valence electrons. The van der Waals surface area contributed by atoms with Gasteiger partial charge < -0.3 is 14.4 Å². The molecule has 1 fully saturated rings. The Bertz CT molecular complexity index is 989. The molecule has 0 saturated carbocycles. The Morgan fingerprint density at radius 2 is 1.85 bits per heavy atom. The highest BCUT2D eigenvalue weighted by molar-refractivity contribution is 6.36. The Morgan fingerprint density at radius 3 is 2.45 bits per heavy atom. The van der Waals surface area contributed by atoms with Gasteiger partial charge in [0.15, 0.2) is 0 Å². The highest BCUT2D eigenvalue weighted by atomic mass is 35.5. The maximum Gasteiger partial charge on any atom is 0.339 e. The van der Waals surface area contributed by atoms with E-state index in [9.17, 15) is 4.79 Å². The molecule has 1 heterocycles. The Balaban J connectivity index is 2.20. The third-order valence-corrected chi connectivity index (χ3v) is 6.74. The highest BCUT2D eigenvalue weighted by Crippen LogP contribution is 2.41. The van der Waals surface area contributed by atoms with Crippen molar-refractivity contribution in [3.05, 3.63) is 46.0 Å². The minimum absolute atomic E-state index is 0.347. The van der Waals surface area contributed by atoms with Crippen LogP contribution in [0.15, 0.2) is 24.3 Å². The van der Waals surface area contributed by atoms with Gasteiger partial charge in [0.25, 0.3) is 0 Å². The quantitative estimate of drug-likeness (QED) is 0.356. The summed E-state index contributed by atoms with van der Waals surface area (Å²) in [5.74, 6) is -0.428. The first kappa shape index (κ1) is 25.3. The molecule has 33 heavy (non-hydrogen) atoms. The maximum atomic E-state index is 12.8. The summed E-state index contributed by atoms with van der Waals surface area (Å²) >= 11 is 6.88. The van der Waals surface area contributed by atoms with Gasteiger partial charge in [0.1, 0.15) is 0 Å². The van der Waals surface area contributed by atoms with Gasteiger partial charge in [-0.05, 0) is 69.4 Å². The number of aryl methyl sites for hydroxylation is 1. The zero-order valence-electron chi connectivity index (χ0n) is 20.5. The van der Waals surface area contributed by atoms with E-state index in [1.807, 2.05) is 40.0 Å². The van der Waals surface area contributed by atoms with Gasteiger partial charge in [-0.1, -0.05) is 23.7 Å². The highest BCUT2D eigenvalue weighted by Gasteiger charge is 2.27. The molecule has 1 aliphatic heterocycles. The van der Waals surface area contributed by atoms with Crippen molar-refractivity contribution in [2.75, 3.05) is 50.5 Å². The first-order valence-electron chi connectivity index (χ1n) is 11.6. The lowest BCUT2D eigenvalue weighted by molar-refractivity contribution is 0.0600. The first-order valence-corrected chi connectivity index (χ1v) is 11.9. The van der Waals surface area contributed by atoms with Crippen LogP contribution in [0.5, 0.6) is 0 Å². The second-order valence-corrected chi connectivity index (χ2v) is 8.67. The molecule has 0 radical (unpaired) electrons. The lowest BCUT2D eigenvalue weighted by Crippen LogP contribution is -2.40. The SMILES string of the molecule is CCON(C)c1cc(-c2cc(N(CC)C3CCOCC3)c(C)c(C(=O)OC)c2Cl)ccc1C. The lowest BCUT2D eigenvalue weighted by Gasteiger charge is -2.37. The largest absolute Gasteiger partial charge is 0.465 e. The molecule has 0 aromatic heterocycles. The molecular weight excluding hydrogens is 440 g/mol. The number of halogens is 1. The molecule has 1 saturated heterocycles. The summed E-state index contributed by atoms with van der Waals surface area (Å²) in [7, 11) is 3.28. The van der Waals surface area contributed by atoms with Crippen molar-refractivity contribution in [1.82, 2.24) is 0 Å². The van der Waals surface area contributed by atoms with Gasteiger partial charge >= 0.3 is 5.97 Å². The number of rotatable bonds is 8. The predicted molar refractivity (Wildman–Crippen MR) is 135 cm³/mol. The van der Waals surface area contributed by atoms with Gasteiger partial charge in [-0.3, -0.25) is 9.90 Å². The van der Waals surface area contributed by atoms with Crippen molar-refractivity contribution in [1.29, 1.82) is 0 Å². The molecule has 0 spiro atoms. The first-order chi connectivity index (χ1) is 15.8. The normalized spacial score (nSPS) is 14.3. The van der Waals surface area contributed by atoms with Crippen LogP contribution in [0.4, 0.5) is 11.4 Å². The molecule has 7 heteroatoms. The lowest BCUT2D eigenvalue weighted by atomic mass is 9.94. The zero-order valence-corrected chi connectivity index (χ0v) is 21.3. The van der Waals surface area contributed by atoms with Gasteiger partial charge in [0, 0.05) is 44.1 Å². The fourth-order valence-corrected chi connectivity index (χ4v) is 4.97. The van der Waals surface area contributed by atoms with Crippen LogP contribution < -0.4 is 9.96 Å². The van der Waals surface area contributed by atoms with E-state index in [4.69, 9.17) is 25.9 Å². The molecule has 3 rings (SSSR count). The Morgan fingerprint density at radius 1 is 1.15 bits per heavy atom. The molecule has 2 aromatic rings. The van der Waals surface area contributed by atoms with E-state index >= 15 is 0 Å². The summed E-state index contributed by atoms with van der Waals surface area (Å²) in [4.78, 5) is 20.9. The molecule has 1 aliphatic rings. The van der Waals surface area contributed by atoms with Gasteiger partial charge in [-0.15, -0.1) is 0 Å². The monoisotopic (exact) mass is 474 g/mol. The zero-order chi connectivity index (χ0) is 24.1. The van der Waals surface area contributed by atoms with E-state index in [-0.39, 0.29) is 0 Å². The minimum atomic E-state index is -0.428. The number of ether oxygens (including phenoxy) is 2. The van der Waals surface area contributed by atoms with E-state index in [1.165, 1.54) is 7.11 Å². The van der Waals surface area contributed by atoms with E-state index in [0.717, 1.165) is 66.2 Å². The van der Waals surface area contributed by atoms with Gasteiger partial charge in [0.2, 0.25) is 0 Å². The topological polar surface area (TPSA) is 51.2 Å². The molecule has 0 unspecified atom stereocenters. The van der Waals surface area contributed by atoms with Crippen LogP contribution in [0.25, 0.3) is 11.1 Å². The number of anilines is 2. The molecule has 0 bridgehead atoms. The summed E-state index contributed by atoms with van der Waals surface area (Å²) in [5, 5.41) is 2.17. The van der Waals surface area contributed by atoms with E-state index in [0.29, 0.717) is 23.2 Å². The number of hydroxylamine groups is 1. The second-order valence-electron chi connectivity index (χ2n) is 8.29. The third-order valence-electron chi connectivity index (χ3n) is 6.35. The van der Waals surface area contributed by atoms with Crippen molar-refractivity contribution in [2.45, 2.75) is 46.6 Å². The van der Waals surface area contributed by atoms with Crippen LogP contribution in [-0.2, 0) is 14.3 Å². The number of hydrogen-bond acceptors (Lipinski definition) is 6. The summed E-state index contributed by atoms with van der Waals surface area (Å²) in [6, 6.07) is 8.59. The molecule has 0 atom stereocenters. The van der Waals surface area contributed by atoms with Crippen molar-refractivity contribution >= 4 is 28.9 Å². The van der Waals surface area contributed by atoms with Crippen molar-refractivity contribution in [2.24, 2.45) is 0 Å². The van der Waals surface area contributed by atoms with Crippen LogP contribution >= 0.6 is 11.6 Å². The molecule has 0 amide bonds. The standard InChI is InChI=1S/C26H35ClN2O4/c1-7-29(20-11-13-32-14-12-20)23-16-21(25(27)24(18(23)4)26(30)31-6)19-10-9-17(3)22(15-19)28(5)33-8-2/h9-10,15-16,20H,7-8,11-14H2,1-6H3. The third kappa shape index (κ3) is 5.29. The van der Waals surface area contributed by atoms with E-state index in [1.54, 1.807) is 5.06 Å². The molecule has 0 aliphatic carbocycles. The van der Waals surface area contributed by atoms with E-state index in [2.05, 4.69) is 24.0 Å². The fraction of sp³-hybridized carbons (Fsp3) is 0.500. The minimum Gasteiger partial charge on any atom is -0.465 e. The summed E-state index contributed by atoms with van der Waals surface area (Å²) < 4.78 is 10.7. The van der Waals surface area contributed by atoms with Gasteiger partial charge in [0.05, 0.1) is 30.0 Å². The molecular formula is C26H35ClN2O4. The van der Waals surface area contributed by atoms with Crippen LogP contribution in [0.1, 0.15) is 48.2 Å². The number of benzene rings is 2. The van der Waals surface area contributed by atoms with Crippen LogP contribution in [0.3, 0.4) is 0 Å². The summed E-state index contributed by atoms with van der Waals surface area (Å²) in [6.45, 7) is 11.0. The number of methoxy groups -OCH3 is 1.